The Kier molecular flexibility index (Phi) is 5.76. The second-order valence-electron chi connectivity index (χ2n) is 3.27. The molecule has 92 valence electrons. The molecule has 0 spiro atoms. The van der Waals surface area contributed by atoms with Crippen molar-refractivity contribution >= 4 is 22.5 Å². The van der Waals surface area contributed by atoms with Gasteiger partial charge in [-0.2, -0.15) is 10.5 Å². The molecule has 4 nitrogen and oxygen atoms in total. The van der Waals surface area contributed by atoms with E-state index in [1.807, 2.05) is 31.2 Å². The molecule has 0 aliphatic rings. The van der Waals surface area contributed by atoms with Crippen molar-refractivity contribution in [3.8, 4) is 17.9 Å². The first-order chi connectivity index (χ1) is 8.74. The Hall–Kier alpha value is -1.98. The van der Waals surface area contributed by atoms with Gasteiger partial charge in [-0.3, -0.25) is 0 Å². The quantitative estimate of drug-likeness (QED) is 0.615. The van der Waals surface area contributed by atoms with Gasteiger partial charge >= 0.3 is 0 Å². The van der Waals surface area contributed by atoms with E-state index in [9.17, 15) is 0 Å². The van der Waals surface area contributed by atoms with E-state index in [2.05, 4.69) is 4.99 Å². The van der Waals surface area contributed by atoms with Gasteiger partial charge in [-0.1, -0.05) is 0 Å². The highest BCUT2D eigenvalue weighted by Crippen LogP contribution is 2.21. The second kappa shape index (κ2) is 7.37. The van der Waals surface area contributed by atoms with Crippen LogP contribution >= 0.6 is 11.8 Å². The molecule has 0 unspecified atom stereocenters. The maximum atomic E-state index is 8.83. The van der Waals surface area contributed by atoms with Crippen molar-refractivity contribution < 1.29 is 4.74 Å². The monoisotopic (exact) mass is 259 g/mol. The predicted octanol–water partition coefficient (Wildman–Crippen LogP) is 3.14. The summed E-state index contributed by atoms with van der Waals surface area (Å²) in [6, 6.07) is 11.1. The number of aliphatic imine (C=N–C) groups is 1. The number of nitriles is 2. The molecule has 0 saturated carbocycles. The lowest BCUT2D eigenvalue weighted by Crippen LogP contribution is -2.05. The lowest BCUT2D eigenvalue weighted by Gasteiger charge is -2.04. The average Bonchev–Trinajstić information content (AvgIpc) is 2.41. The molecule has 0 radical (unpaired) electrons. The summed E-state index contributed by atoms with van der Waals surface area (Å²) in [4.78, 5) is 4.30. The topological polar surface area (TPSA) is 69.2 Å². The maximum Gasteiger partial charge on any atom is 0.181 e. The molecule has 0 heterocycles. The summed E-state index contributed by atoms with van der Waals surface area (Å²) in [6.07, 6.45) is 1.80. The molecule has 0 aliphatic carbocycles. The third-order valence-corrected chi connectivity index (χ3v) is 2.85. The van der Waals surface area contributed by atoms with Crippen LogP contribution in [0, 0.1) is 28.6 Å². The zero-order valence-electron chi connectivity index (χ0n) is 10.3. The Balaban J connectivity index is 2.93. The van der Waals surface area contributed by atoms with E-state index in [4.69, 9.17) is 15.3 Å². The van der Waals surface area contributed by atoms with E-state index < -0.39 is 5.92 Å². The number of nitrogens with zero attached hydrogens (tertiary/aromatic N) is 3. The SMILES string of the molecule is CCOc1ccc(N=C(SC)C(C#N)C#N)cc1. The average molecular weight is 259 g/mol. The standard InChI is InChI=1S/C13H13N3OS/c1-3-17-12-6-4-11(5-7-12)16-13(18-2)10(8-14)9-15/h4-7,10H,3H2,1-2H3. The molecule has 0 saturated heterocycles. The zero-order valence-corrected chi connectivity index (χ0v) is 11.1. The summed E-state index contributed by atoms with van der Waals surface area (Å²) < 4.78 is 5.32. The van der Waals surface area contributed by atoms with Gasteiger partial charge in [0.1, 0.15) is 10.8 Å². The fourth-order valence-corrected chi connectivity index (χ4v) is 1.82. The predicted molar refractivity (Wildman–Crippen MR) is 72.9 cm³/mol. The summed E-state index contributed by atoms with van der Waals surface area (Å²) >= 11 is 1.31. The van der Waals surface area contributed by atoms with Crippen molar-refractivity contribution in [1.29, 1.82) is 10.5 Å². The normalized spacial score (nSPS) is 10.8. The van der Waals surface area contributed by atoms with Gasteiger partial charge < -0.3 is 4.74 Å². The minimum absolute atomic E-state index is 0.504. The van der Waals surface area contributed by atoms with E-state index in [0.29, 0.717) is 17.3 Å². The molecule has 1 rings (SSSR count). The van der Waals surface area contributed by atoms with E-state index in [1.54, 1.807) is 18.4 Å². The van der Waals surface area contributed by atoms with Crippen molar-refractivity contribution in [2.24, 2.45) is 10.9 Å². The molecule has 0 aliphatic heterocycles. The first kappa shape index (κ1) is 14.1. The van der Waals surface area contributed by atoms with Crippen LogP contribution in [-0.2, 0) is 0 Å². The molecule has 0 bridgehead atoms. The zero-order chi connectivity index (χ0) is 13.4. The lowest BCUT2D eigenvalue weighted by molar-refractivity contribution is 0.340. The summed E-state index contributed by atoms with van der Waals surface area (Å²) in [5.74, 6) is -0.0363. The van der Waals surface area contributed by atoms with Crippen molar-refractivity contribution in [3.05, 3.63) is 24.3 Å². The highest BCUT2D eigenvalue weighted by molar-refractivity contribution is 8.13. The van der Waals surface area contributed by atoms with Crippen LogP contribution in [0.25, 0.3) is 0 Å². The minimum atomic E-state index is -0.813. The molecule has 18 heavy (non-hydrogen) atoms. The molecular formula is C13H13N3OS. The molecule has 0 amide bonds. The van der Waals surface area contributed by atoms with Crippen molar-refractivity contribution in [1.82, 2.24) is 0 Å². The van der Waals surface area contributed by atoms with E-state index in [0.717, 1.165) is 5.75 Å². The second-order valence-corrected chi connectivity index (χ2v) is 4.10. The van der Waals surface area contributed by atoms with Crippen LogP contribution in [0.3, 0.4) is 0 Å². The van der Waals surface area contributed by atoms with E-state index in [1.165, 1.54) is 11.8 Å². The molecule has 0 N–H and O–H groups in total. The van der Waals surface area contributed by atoms with Crippen molar-refractivity contribution in [2.75, 3.05) is 12.9 Å². The summed E-state index contributed by atoms with van der Waals surface area (Å²) in [5.41, 5.74) is 0.707. The number of ether oxygens (including phenoxy) is 1. The summed E-state index contributed by atoms with van der Waals surface area (Å²) in [5, 5.41) is 18.2. The van der Waals surface area contributed by atoms with Gasteiger partial charge in [0.15, 0.2) is 5.92 Å². The Morgan fingerprint density at radius 1 is 1.33 bits per heavy atom. The van der Waals surface area contributed by atoms with Crippen LogP contribution in [0.1, 0.15) is 6.92 Å². The number of benzene rings is 1. The summed E-state index contributed by atoms with van der Waals surface area (Å²) in [6.45, 7) is 2.53. The van der Waals surface area contributed by atoms with Crippen molar-refractivity contribution in [3.63, 3.8) is 0 Å². The van der Waals surface area contributed by atoms with Crippen LogP contribution in [-0.4, -0.2) is 17.9 Å². The molecular weight excluding hydrogens is 246 g/mol. The van der Waals surface area contributed by atoms with Gasteiger partial charge in [0.2, 0.25) is 0 Å². The Bertz CT molecular complexity index is 482. The molecule has 0 atom stereocenters. The smallest absolute Gasteiger partial charge is 0.181 e. The minimum Gasteiger partial charge on any atom is -0.494 e. The summed E-state index contributed by atoms with van der Waals surface area (Å²) in [7, 11) is 0. The first-order valence-corrected chi connectivity index (χ1v) is 6.62. The largest absolute Gasteiger partial charge is 0.494 e. The van der Waals surface area contributed by atoms with Crippen LogP contribution in [0.15, 0.2) is 29.3 Å². The van der Waals surface area contributed by atoms with Crippen LogP contribution < -0.4 is 4.74 Å². The van der Waals surface area contributed by atoms with Crippen molar-refractivity contribution in [2.45, 2.75) is 6.92 Å². The highest BCUT2D eigenvalue weighted by Gasteiger charge is 2.13. The molecule has 0 aromatic heterocycles. The van der Waals surface area contributed by atoms with Crippen LogP contribution in [0.2, 0.25) is 0 Å². The van der Waals surface area contributed by atoms with Crippen LogP contribution in [0.5, 0.6) is 5.75 Å². The Labute approximate surface area is 111 Å². The van der Waals surface area contributed by atoms with Gasteiger partial charge in [-0.05, 0) is 37.4 Å². The molecule has 1 aromatic rings. The van der Waals surface area contributed by atoms with Crippen LogP contribution in [0.4, 0.5) is 5.69 Å². The number of rotatable bonds is 4. The first-order valence-electron chi connectivity index (χ1n) is 5.39. The highest BCUT2D eigenvalue weighted by atomic mass is 32.2. The fourth-order valence-electron chi connectivity index (χ4n) is 1.28. The molecule has 1 aromatic carbocycles. The van der Waals surface area contributed by atoms with Gasteiger partial charge in [-0.15, -0.1) is 11.8 Å². The van der Waals surface area contributed by atoms with Gasteiger partial charge in [0, 0.05) is 0 Å². The Morgan fingerprint density at radius 2 is 1.94 bits per heavy atom. The fraction of sp³-hybridized carbons (Fsp3) is 0.308. The van der Waals surface area contributed by atoms with E-state index in [-0.39, 0.29) is 0 Å². The third kappa shape index (κ3) is 3.80. The maximum absolute atomic E-state index is 8.83. The lowest BCUT2D eigenvalue weighted by atomic mass is 10.2. The van der Waals surface area contributed by atoms with Gasteiger partial charge in [-0.25, -0.2) is 4.99 Å². The number of thioether (sulfide) groups is 1. The van der Waals surface area contributed by atoms with E-state index >= 15 is 0 Å². The Morgan fingerprint density at radius 3 is 2.39 bits per heavy atom. The van der Waals surface area contributed by atoms with Gasteiger partial charge in [0.25, 0.3) is 0 Å². The number of hydrogen-bond acceptors (Lipinski definition) is 5. The van der Waals surface area contributed by atoms with Gasteiger partial charge in [0.05, 0.1) is 24.4 Å². The molecule has 0 fully saturated rings. The number of hydrogen-bond donors (Lipinski definition) is 0. The third-order valence-electron chi connectivity index (χ3n) is 2.10. The molecule has 5 heteroatoms.